The number of nitrogens with zero attached hydrogens (tertiary/aromatic N) is 1. The fourth-order valence-electron chi connectivity index (χ4n) is 4.42. The van der Waals surface area contributed by atoms with Crippen molar-refractivity contribution < 1.29 is 23.9 Å². The Morgan fingerprint density at radius 2 is 1.58 bits per heavy atom. The van der Waals surface area contributed by atoms with E-state index in [2.05, 4.69) is 29.6 Å². The molecule has 1 fully saturated rings. The lowest BCUT2D eigenvalue weighted by Crippen LogP contribution is -2.54. The number of barbiturate groups is 1. The number of rotatable bonds is 7. The number of aryl methyl sites for hydroxylation is 1. The van der Waals surface area contributed by atoms with Gasteiger partial charge in [0, 0.05) is 11.1 Å². The molecule has 7 heteroatoms. The highest BCUT2D eigenvalue weighted by atomic mass is 16.5. The van der Waals surface area contributed by atoms with Gasteiger partial charge in [-0.15, -0.1) is 0 Å². The molecule has 1 heterocycles. The lowest BCUT2D eigenvalue weighted by molar-refractivity contribution is -0.122. The van der Waals surface area contributed by atoms with Gasteiger partial charge in [0.2, 0.25) is 0 Å². The van der Waals surface area contributed by atoms with Crippen LogP contribution in [0, 0.1) is 6.92 Å². The number of imide groups is 2. The molecule has 7 nitrogen and oxygen atoms in total. The first-order valence-electron chi connectivity index (χ1n) is 12.3. The van der Waals surface area contributed by atoms with Crippen LogP contribution in [0.3, 0.4) is 0 Å². The highest BCUT2D eigenvalue weighted by Gasteiger charge is 2.37. The number of hydrogen-bond acceptors (Lipinski definition) is 5. The molecule has 1 saturated heterocycles. The van der Waals surface area contributed by atoms with Crippen molar-refractivity contribution in [2.75, 3.05) is 11.5 Å². The largest absolute Gasteiger partial charge is 0.494 e. The first-order valence-corrected chi connectivity index (χ1v) is 12.3. The summed E-state index contributed by atoms with van der Waals surface area (Å²) < 4.78 is 11.6. The van der Waals surface area contributed by atoms with E-state index in [-0.39, 0.29) is 5.57 Å². The fraction of sp³-hybridized carbons (Fsp3) is 0.129. The number of nitrogens with one attached hydrogen (secondary N) is 1. The van der Waals surface area contributed by atoms with E-state index in [1.165, 1.54) is 6.08 Å². The van der Waals surface area contributed by atoms with E-state index >= 15 is 0 Å². The van der Waals surface area contributed by atoms with Crippen LogP contribution in [-0.4, -0.2) is 24.5 Å². The van der Waals surface area contributed by atoms with Crippen LogP contribution >= 0.6 is 0 Å². The zero-order chi connectivity index (χ0) is 26.6. The van der Waals surface area contributed by atoms with Crippen LogP contribution in [0.4, 0.5) is 10.5 Å². The summed E-state index contributed by atoms with van der Waals surface area (Å²) in [6.45, 7) is 4.70. The van der Waals surface area contributed by atoms with Gasteiger partial charge in [0.15, 0.2) is 0 Å². The molecule has 1 aliphatic heterocycles. The number of para-hydroxylation sites is 1. The summed E-state index contributed by atoms with van der Waals surface area (Å²) in [5.74, 6) is -0.359. The van der Waals surface area contributed by atoms with Crippen LogP contribution in [0.1, 0.15) is 23.6 Å². The van der Waals surface area contributed by atoms with Crippen molar-refractivity contribution in [1.82, 2.24) is 5.32 Å². The maximum absolute atomic E-state index is 13.3. The number of carbonyl (C=O) groups excluding carboxylic acids is 3. The average Bonchev–Trinajstić information content (AvgIpc) is 2.92. The van der Waals surface area contributed by atoms with Crippen molar-refractivity contribution in [2.24, 2.45) is 0 Å². The number of benzene rings is 4. The minimum atomic E-state index is -0.808. The van der Waals surface area contributed by atoms with Gasteiger partial charge in [-0.2, -0.15) is 0 Å². The topological polar surface area (TPSA) is 84.9 Å². The van der Waals surface area contributed by atoms with Crippen molar-refractivity contribution in [3.63, 3.8) is 0 Å². The van der Waals surface area contributed by atoms with E-state index in [1.54, 1.807) is 42.5 Å². The van der Waals surface area contributed by atoms with Crippen LogP contribution < -0.4 is 19.7 Å². The van der Waals surface area contributed by atoms with Crippen molar-refractivity contribution >= 4 is 40.4 Å². The second-order valence-electron chi connectivity index (χ2n) is 8.79. The maximum Gasteiger partial charge on any atom is 0.335 e. The predicted octanol–water partition coefficient (Wildman–Crippen LogP) is 5.79. The fourth-order valence-corrected chi connectivity index (χ4v) is 4.42. The molecule has 0 aliphatic carbocycles. The third-order valence-electron chi connectivity index (χ3n) is 6.37. The first-order chi connectivity index (χ1) is 18.5. The summed E-state index contributed by atoms with van der Waals surface area (Å²) in [6.07, 6.45) is 1.46. The van der Waals surface area contributed by atoms with Crippen molar-refractivity contribution in [2.45, 2.75) is 20.5 Å². The van der Waals surface area contributed by atoms with E-state index in [9.17, 15) is 14.4 Å². The number of ether oxygens (including phenoxy) is 2. The van der Waals surface area contributed by atoms with E-state index in [0.717, 1.165) is 26.8 Å². The van der Waals surface area contributed by atoms with Crippen LogP contribution in [0.15, 0.2) is 90.5 Å². The predicted molar refractivity (Wildman–Crippen MR) is 146 cm³/mol. The number of carbonyl (C=O) groups is 3. The molecule has 1 N–H and O–H groups in total. The molecule has 38 heavy (non-hydrogen) atoms. The number of amides is 4. The van der Waals surface area contributed by atoms with Gasteiger partial charge in [0.1, 0.15) is 23.7 Å². The molecule has 5 rings (SSSR count). The molecular formula is C31H26N2O5. The third-order valence-corrected chi connectivity index (χ3v) is 6.37. The van der Waals surface area contributed by atoms with Gasteiger partial charge in [-0.3, -0.25) is 14.9 Å². The summed E-state index contributed by atoms with van der Waals surface area (Å²) in [6, 6.07) is 25.1. The molecule has 0 spiro atoms. The van der Waals surface area contributed by atoms with E-state index in [1.807, 2.05) is 32.0 Å². The van der Waals surface area contributed by atoms with Crippen LogP contribution in [-0.2, 0) is 16.2 Å². The van der Waals surface area contributed by atoms with Gasteiger partial charge in [-0.1, -0.05) is 54.6 Å². The molecule has 0 bridgehead atoms. The Morgan fingerprint density at radius 3 is 2.37 bits per heavy atom. The smallest absolute Gasteiger partial charge is 0.335 e. The summed E-state index contributed by atoms with van der Waals surface area (Å²) in [7, 11) is 0. The lowest BCUT2D eigenvalue weighted by atomic mass is 10.0. The van der Waals surface area contributed by atoms with E-state index < -0.39 is 17.8 Å². The number of urea groups is 1. The standard InChI is InChI=1S/C31H26N2O5/c1-3-37-24-16-14-23(15-17-24)33-30(35)26(29(34)32-31(33)36)18-22-9-5-7-11-28(22)38-19-27-20(2)12-13-21-8-4-6-10-25(21)27/h4-18H,3,19H2,1-2H3,(H,32,34,36)/b26-18+. The molecular weight excluding hydrogens is 480 g/mol. The van der Waals surface area contributed by atoms with Crippen molar-refractivity contribution in [3.05, 3.63) is 107 Å². The summed E-state index contributed by atoms with van der Waals surface area (Å²) in [5.41, 5.74) is 2.86. The second kappa shape index (κ2) is 10.6. The average molecular weight is 507 g/mol. The Balaban J connectivity index is 1.44. The molecule has 0 unspecified atom stereocenters. The molecule has 190 valence electrons. The Hall–Kier alpha value is -4.91. The minimum absolute atomic E-state index is 0.170. The highest BCUT2D eigenvalue weighted by molar-refractivity contribution is 6.39. The maximum atomic E-state index is 13.3. The van der Waals surface area contributed by atoms with Gasteiger partial charge in [-0.25, -0.2) is 9.69 Å². The summed E-state index contributed by atoms with van der Waals surface area (Å²) >= 11 is 0. The normalized spacial score (nSPS) is 14.6. The van der Waals surface area contributed by atoms with Crippen molar-refractivity contribution in [3.8, 4) is 11.5 Å². The molecule has 1 aliphatic rings. The minimum Gasteiger partial charge on any atom is -0.494 e. The van der Waals surface area contributed by atoms with Gasteiger partial charge < -0.3 is 9.47 Å². The Bertz CT molecular complexity index is 1570. The van der Waals surface area contributed by atoms with Gasteiger partial charge >= 0.3 is 6.03 Å². The summed E-state index contributed by atoms with van der Waals surface area (Å²) in [4.78, 5) is 39.6. The lowest BCUT2D eigenvalue weighted by Gasteiger charge is -2.26. The zero-order valence-corrected chi connectivity index (χ0v) is 21.1. The Kier molecular flexibility index (Phi) is 6.91. The second-order valence-corrected chi connectivity index (χ2v) is 8.79. The molecule has 0 saturated carbocycles. The molecule has 0 atom stereocenters. The number of anilines is 1. The monoisotopic (exact) mass is 506 g/mol. The quantitative estimate of drug-likeness (QED) is 0.253. The Morgan fingerprint density at radius 1 is 0.842 bits per heavy atom. The molecule has 0 radical (unpaired) electrons. The number of hydrogen-bond donors (Lipinski definition) is 1. The first kappa shape index (κ1) is 24.8. The van der Waals surface area contributed by atoms with Crippen LogP contribution in [0.5, 0.6) is 11.5 Å². The number of fused-ring (bicyclic) bond motifs is 1. The highest BCUT2D eigenvalue weighted by Crippen LogP contribution is 2.29. The SMILES string of the molecule is CCOc1ccc(N2C(=O)NC(=O)/C(=C\c3ccccc3OCc3c(C)ccc4ccccc34)C2=O)cc1. The molecule has 4 aromatic rings. The molecule has 0 aromatic heterocycles. The van der Waals surface area contributed by atoms with Gasteiger partial charge in [0.05, 0.1) is 12.3 Å². The van der Waals surface area contributed by atoms with Crippen molar-refractivity contribution in [1.29, 1.82) is 0 Å². The summed E-state index contributed by atoms with van der Waals surface area (Å²) in [5, 5.41) is 4.49. The molecule has 4 aromatic carbocycles. The third kappa shape index (κ3) is 4.86. The van der Waals surface area contributed by atoms with Gasteiger partial charge in [0.25, 0.3) is 11.8 Å². The van der Waals surface area contributed by atoms with Crippen LogP contribution in [0.2, 0.25) is 0 Å². The van der Waals surface area contributed by atoms with E-state index in [4.69, 9.17) is 9.47 Å². The van der Waals surface area contributed by atoms with Crippen LogP contribution in [0.25, 0.3) is 16.8 Å². The van der Waals surface area contributed by atoms with E-state index in [0.29, 0.717) is 36.0 Å². The molecule has 4 amide bonds. The Labute approximate surface area is 220 Å². The zero-order valence-electron chi connectivity index (χ0n) is 21.1. The van der Waals surface area contributed by atoms with Gasteiger partial charge in [-0.05, 0) is 66.6 Å².